The maximum Gasteiger partial charge on any atom is 0.262 e. The fourth-order valence-corrected chi connectivity index (χ4v) is 2.24. The van der Waals surface area contributed by atoms with Crippen molar-refractivity contribution in [3.8, 4) is 11.5 Å². The fourth-order valence-electron chi connectivity index (χ4n) is 1.77. The van der Waals surface area contributed by atoms with Gasteiger partial charge in [0.2, 0.25) is 0 Å². The lowest BCUT2D eigenvalue weighted by Gasteiger charge is -2.12. The van der Waals surface area contributed by atoms with Gasteiger partial charge in [-0.15, -0.1) is 0 Å². The molecule has 0 saturated heterocycles. The number of halogens is 2. The highest BCUT2D eigenvalue weighted by molar-refractivity contribution is 9.10. The van der Waals surface area contributed by atoms with Crippen LogP contribution in [0.5, 0.6) is 11.5 Å². The SMILES string of the molecule is CCOc1ccccc1NC(=O)COc1ccc(F)cc1Br. The van der Waals surface area contributed by atoms with Gasteiger partial charge in [-0.3, -0.25) is 4.79 Å². The van der Waals surface area contributed by atoms with E-state index in [1.165, 1.54) is 18.2 Å². The second-order valence-electron chi connectivity index (χ2n) is 4.34. The summed E-state index contributed by atoms with van der Waals surface area (Å²) in [6.45, 7) is 2.18. The lowest BCUT2D eigenvalue weighted by molar-refractivity contribution is -0.118. The molecule has 0 fully saturated rings. The number of rotatable bonds is 6. The highest BCUT2D eigenvalue weighted by Crippen LogP contribution is 2.26. The molecule has 0 radical (unpaired) electrons. The third kappa shape index (κ3) is 4.46. The van der Waals surface area contributed by atoms with Gasteiger partial charge in [0.25, 0.3) is 5.91 Å². The molecule has 0 aliphatic rings. The first-order chi connectivity index (χ1) is 10.6. The van der Waals surface area contributed by atoms with Crippen LogP contribution < -0.4 is 14.8 Å². The average molecular weight is 368 g/mol. The van der Waals surface area contributed by atoms with Crippen LogP contribution in [0.1, 0.15) is 6.92 Å². The van der Waals surface area contributed by atoms with Crippen molar-refractivity contribution in [2.45, 2.75) is 6.92 Å². The molecule has 1 amide bonds. The zero-order chi connectivity index (χ0) is 15.9. The van der Waals surface area contributed by atoms with Crippen LogP contribution in [0, 0.1) is 5.82 Å². The van der Waals surface area contributed by atoms with Crippen molar-refractivity contribution < 1.29 is 18.7 Å². The normalized spacial score (nSPS) is 10.1. The van der Waals surface area contributed by atoms with Gasteiger partial charge >= 0.3 is 0 Å². The number of hydrogen-bond acceptors (Lipinski definition) is 3. The Labute approximate surface area is 136 Å². The van der Waals surface area contributed by atoms with Gasteiger partial charge in [-0.2, -0.15) is 0 Å². The number of para-hydroxylation sites is 2. The Morgan fingerprint density at radius 2 is 1.95 bits per heavy atom. The quantitative estimate of drug-likeness (QED) is 0.838. The minimum Gasteiger partial charge on any atom is -0.492 e. The summed E-state index contributed by atoms with van der Waals surface area (Å²) in [7, 11) is 0. The summed E-state index contributed by atoms with van der Waals surface area (Å²) >= 11 is 3.18. The number of hydrogen-bond donors (Lipinski definition) is 1. The third-order valence-electron chi connectivity index (χ3n) is 2.71. The summed E-state index contributed by atoms with van der Waals surface area (Å²) in [6, 6.07) is 11.1. The summed E-state index contributed by atoms with van der Waals surface area (Å²) in [5, 5.41) is 2.72. The van der Waals surface area contributed by atoms with E-state index in [1.807, 2.05) is 13.0 Å². The number of anilines is 1. The predicted molar refractivity (Wildman–Crippen MR) is 85.8 cm³/mol. The van der Waals surface area contributed by atoms with Crippen LogP contribution in [0.15, 0.2) is 46.9 Å². The van der Waals surface area contributed by atoms with Crippen LogP contribution in [-0.4, -0.2) is 19.1 Å². The van der Waals surface area contributed by atoms with Gasteiger partial charge in [-0.1, -0.05) is 12.1 Å². The van der Waals surface area contributed by atoms with Crippen molar-refractivity contribution in [2.75, 3.05) is 18.5 Å². The van der Waals surface area contributed by atoms with Gasteiger partial charge in [-0.25, -0.2) is 4.39 Å². The van der Waals surface area contributed by atoms with E-state index in [9.17, 15) is 9.18 Å². The molecule has 1 N–H and O–H groups in total. The Morgan fingerprint density at radius 1 is 1.18 bits per heavy atom. The monoisotopic (exact) mass is 367 g/mol. The first kappa shape index (κ1) is 16.3. The van der Waals surface area contributed by atoms with Crippen molar-refractivity contribution in [2.24, 2.45) is 0 Å². The molecule has 0 atom stereocenters. The molecule has 116 valence electrons. The molecule has 0 aliphatic heterocycles. The maximum atomic E-state index is 13.0. The minimum atomic E-state index is -0.380. The zero-order valence-corrected chi connectivity index (χ0v) is 13.5. The van der Waals surface area contributed by atoms with E-state index in [0.29, 0.717) is 28.3 Å². The summed E-state index contributed by atoms with van der Waals surface area (Å²) in [6.07, 6.45) is 0. The van der Waals surface area contributed by atoms with E-state index in [-0.39, 0.29) is 18.3 Å². The highest BCUT2D eigenvalue weighted by atomic mass is 79.9. The van der Waals surface area contributed by atoms with Crippen LogP contribution in [0.2, 0.25) is 0 Å². The summed E-state index contributed by atoms with van der Waals surface area (Å²) in [4.78, 5) is 11.9. The van der Waals surface area contributed by atoms with Crippen LogP contribution in [0.25, 0.3) is 0 Å². The van der Waals surface area contributed by atoms with Crippen LogP contribution >= 0.6 is 15.9 Å². The molecule has 0 bridgehead atoms. The summed E-state index contributed by atoms with van der Waals surface area (Å²) in [5.74, 6) is 0.286. The van der Waals surface area contributed by atoms with E-state index in [0.717, 1.165) is 0 Å². The molecule has 2 aromatic carbocycles. The second kappa shape index (κ2) is 7.79. The predicted octanol–water partition coefficient (Wildman–Crippen LogP) is 4.00. The molecule has 2 aromatic rings. The minimum absolute atomic E-state index is 0.190. The van der Waals surface area contributed by atoms with E-state index < -0.39 is 0 Å². The molecule has 0 spiro atoms. The third-order valence-corrected chi connectivity index (χ3v) is 3.33. The fraction of sp³-hybridized carbons (Fsp3) is 0.188. The Balaban J connectivity index is 1.96. The zero-order valence-electron chi connectivity index (χ0n) is 11.9. The van der Waals surface area contributed by atoms with Crippen LogP contribution in [-0.2, 0) is 4.79 Å². The average Bonchev–Trinajstić information content (AvgIpc) is 2.48. The van der Waals surface area contributed by atoms with Gasteiger partial charge < -0.3 is 14.8 Å². The van der Waals surface area contributed by atoms with Crippen LogP contribution in [0.4, 0.5) is 10.1 Å². The van der Waals surface area contributed by atoms with Gasteiger partial charge in [0.15, 0.2) is 6.61 Å². The van der Waals surface area contributed by atoms with Crippen molar-refractivity contribution in [1.82, 2.24) is 0 Å². The number of amides is 1. The van der Waals surface area contributed by atoms with E-state index in [2.05, 4.69) is 21.2 Å². The Hall–Kier alpha value is -2.08. The molecule has 0 saturated carbocycles. The van der Waals surface area contributed by atoms with Gasteiger partial charge in [0.05, 0.1) is 16.8 Å². The first-order valence-electron chi connectivity index (χ1n) is 6.69. The standard InChI is InChI=1S/C16H15BrFNO3/c1-2-21-15-6-4-3-5-13(15)19-16(20)10-22-14-8-7-11(18)9-12(14)17/h3-9H,2,10H2,1H3,(H,19,20). The van der Waals surface area contributed by atoms with Gasteiger partial charge in [-0.05, 0) is 53.2 Å². The van der Waals surface area contributed by atoms with Crippen molar-refractivity contribution in [3.05, 3.63) is 52.8 Å². The number of nitrogens with one attached hydrogen (secondary N) is 1. The van der Waals surface area contributed by atoms with Crippen LogP contribution in [0.3, 0.4) is 0 Å². The molecular weight excluding hydrogens is 353 g/mol. The molecule has 2 rings (SSSR count). The number of carbonyl (C=O) groups excluding carboxylic acids is 1. The van der Waals surface area contributed by atoms with E-state index >= 15 is 0 Å². The molecule has 0 unspecified atom stereocenters. The van der Waals surface area contributed by atoms with E-state index in [4.69, 9.17) is 9.47 Å². The number of ether oxygens (including phenoxy) is 2. The van der Waals surface area contributed by atoms with Crippen molar-refractivity contribution >= 4 is 27.5 Å². The highest BCUT2D eigenvalue weighted by Gasteiger charge is 2.09. The molecule has 22 heavy (non-hydrogen) atoms. The number of benzene rings is 2. The largest absolute Gasteiger partial charge is 0.492 e. The lowest BCUT2D eigenvalue weighted by Crippen LogP contribution is -2.20. The lowest BCUT2D eigenvalue weighted by atomic mass is 10.3. The second-order valence-corrected chi connectivity index (χ2v) is 5.20. The summed E-state index contributed by atoms with van der Waals surface area (Å²) in [5.41, 5.74) is 0.580. The molecule has 0 heterocycles. The van der Waals surface area contributed by atoms with E-state index in [1.54, 1.807) is 18.2 Å². The van der Waals surface area contributed by atoms with Gasteiger partial charge in [0.1, 0.15) is 17.3 Å². The molecule has 0 aromatic heterocycles. The molecule has 4 nitrogen and oxygen atoms in total. The maximum absolute atomic E-state index is 13.0. The van der Waals surface area contributed by atoms with Crippen molar-refractivity contribution in [1.29, 1.82) is 0 Å². The van der Waals surface area contributed by atoms with Crippen molar-refractivity contribution in [3.63, 3.8) is 0 Å². The summed E-state index contributed by atoms with van der Waals surface area (Å²) < 4.78 is 24.2. The topological polar surface area (TPSA) is 47.6 Å². The molecule has 6 heteroatoms. The number of carbonyl (C=O) groups is 1. The first-order valence-corrected chi connectivity index (χ1v) is 7.49. The molecular formula is C16H15BrFNO3. The molecule has 0 aliphatic carbocycles. The Kier molecular flexibility index (Phi) is 5.77. The smallest absolute Gasteiger partial charge is 0.262 e. The Morgan fingerprint density at radius 3 is 2.68 bits per heavy atom. The Bertz CT molecular complexity index is 664. The van der Waals surface area contributed by atoms with Gasteiger partial charge in [0, 0.05) is 0 Å².